The molecule has 9 nitrogen and oxygen atoms in total. The van der Waals surface area contributed by atoms with Gasteiger partial charge in [0.15, 0.2) is 10.4 Å². The fraction of sp³-hybridized carbons (Fsp3) is 0. The Morgan fingerprint density at radius 3 is 2.10 bits per heavy atom. The van der Waals surface area contributed by atoms with Gasteiger partial charge < -0.3 is 15.1 Å². The number of amides is 2. The summed E-state index contributed by atoms with van der Waals surface area (Å²) in [6, 6.07) is 16.8. The van der Waals surface area contributed by atoms with Gasteiger partial charge in [-0.2, -0.15) is 5.21 Å². The van der Waals surface area contributed by atoms with E-state index in [1.807, 2.05) is 0 Å². The lowest BCUT2D eigenvalue weighted by atomic mass is 10.1. The molecule has 0 aliphatic heterocycles. The molecule has 0 atom stereocenters. The van der Waals surface area contributed by atoms with Crippen LogP contribution in [0.3, 0.4) is 0 Å². The third-order valence-electron chi connectivity index (χ3n) is 3.95. The molecule has 4 aromatic rings. The normalized spacial score (nSPS) is 10.5. The van der Waals surface area contributed by atoms with Crippen molar-refractivity contribution in [3.63, 3.8) is 0 Å². The van der Waals surface area contributed by atoms with Gasteiger partial charge in [0.25, 0.3) is 11.8 Å². The molecular weight excluding hydrogens is 440 g/mol. The number of aromatic amines is 1. The van der Waals surface area contributed by atoms with Crippen molar-refractivity contribution in [3.05, 3.63) is 76.7 Å². The number of hydrogen-bond donors (Lipinski definition) is 3. The number of nitrogens with one attached hydrogen (secondary N) is 3. The Labute approximate surface area is 172 Å². The first kappa shape index (κ1) is 18.6. The highest BCUT2D eigenvalue weighted by Crippen LogP contribution is 2.19. The fourth-order valence-electron chi connectivity index (χ4n) is 2.52. The number of rotatable bonds is 5. The maximum Gasteiger partial charge on any atom is 0.291 e. The van der Waals surface area contributed by atoms with Crippen molar-refractivity contribution in [2.75, 3.05) is 10.6 Å². The Morgan fingerprint density at radius 1 is 0.862 bits per heavy atom. The highest BCUT2D eigenvalue weighted by Gasteiger charge is 2.12. The van der Waals surface area contributed by atoms with E-state index >= 15 is 0 Å². The smallest absolute Gasteiger partial charge is 0.291 e. The first-order valence-electron chi connectivity index (χ1n) is 8.40. The minimum Gasteiger partial charge on any atom is -0.444 e. The largest absolute Gasteiger partial charge is 0.444 e. The number of furan rings is 1. The van der Waals surface area contributed by atoms with E-state index in [1.54, 1.807) is 60.7 Å². The van der Waals surface area contributed by atoms with Crippen molar-refractivity contribution in [2.24, 2.45) is 0 Å². The van der Waals surface area contributed by atoms with Crippen molar-refractivity contribution in [3.8, 4) is 11.4 Å². The van der Waals surface area contributed by atoms with E-state index in [4.69, 9.17) is 4.42 Å². The minimum absolute atomic E-state index is 0.183. The lowest BCUT2D eigenvalue weighted by Crippen LogP contribution is -2.13. The highest BCUT2D eigenvalue weighted by molar-refractivity contribution is 9.10. The average Bonchev–Trinajstić information content (AvgIpc) is 3.41. The van der Waals surface area contributed by atoms with Crippen LogP contribution in [0.5, 0.6) is 0 Å². The molecule has 0 aliphatic rings. The van der Waals surface area contributed by atoms with Gasteiger partial charge in [0, 0.05) is 22.5 Å². The summed E-state index contributed by atoms with van der Waals surface area (Å²) in [7, 11) is 0. The molecule has 4 rings (SSSR count). The number of hydrogen-bond acceptors (Lipinski definition) is 6. The molecule has 144 valence electrons. The van der Waals surface area contributed by atoms with Crippen LogP contribution in [0.1, 0.15) is 20.9 Å². The van der Waals surface area contributed by atoms with Crippen molar-refractivity contribution in [2.45, 2.75) is 0 Å². The van der Waals surface area contributed by atoms with Gasteiger partial charge in [-0.1, -0.05) is 0 Å². The molecule has 2 aromatic heterocycles. The van der Waals surface area contributed by atoms with Crippen LogP contribution in [-0.4, -0.2) is 32.4 Å². The standard InChI is InChI=1S/C19H13BrN6O3/c20-16-10-9-15(29-16)19(28)22-14-7-3-12(4-8-14)18(27)21-13-5-1-11(2-6-13)17-23-25-26-24-17/h1-10H,(H,21,27)(H,22,28)(H,23,24,25,26). The molecule has 0 saturated heterocycles. The zero-order valence-electron chi connectivity index (χ0n) is 14.7. The Bertz CT molecular complexity index is 1140. The molecule has 10 heteroatoms. The van der Waals surface area contributed by atoms with Crippen molar-refractivity contribution in [1.82, 2.24) is 20.6 Å². The molecule has 0 aliphatic carbocycles. The summed E-state index contributed by atoms with van der Waals surface area (Å²) in [4.78, 5) is 24.5. The van der Waals surface area contributed by atoms with E-state index in [-0.39, 0.29) is 17.6 Å². The number of carbonyl (C=O) groups is 2. The Kier molecular flexibility index (Phi) is 5.16. The van der Waals surface area contributed by atoms with E-state index in [0.717, 1.165) is 5.56 Å². The Hall–Kier alpha value is -3.79. The van der Waals surface area contributed by atoms with Crippen molar-refractivity contribution < 1.29 is 14.0 Å². The lowest BCUT2D eigenvalue weighted by molar-refractivity contribution is 0.0994. The van der Waals surface area contributed by atoms with E-state index in [1.165, 1.54) is 0 Å². The maximum absolute atomic E-state index is 12.4. The topological polar surface area (TPSA) is 126 Å². The predicted molar refractivity (Wildman–Crippen MR) is 108 cm³/mol. The van der Waals surface area contributed by atoms with Gasteiger partial charge in [-0.25, -0.2) is 0 Å². The second kappa shape index (κ2) is 8.07. The van der Waals surface area contributed by atoms with Crippen molar-refractivity contribution >= 4 is 39.1 Å². The third kappa shape index (κ3) is 4.38. The quantitative estimate of drug-likeness (QED) is 0.423. The van der Waals surface area contributed by atoms with Gasteiger partial charge in [-0.3, -0.25) is 9.59 Å². The van der Waals surface area contributed by atoms with Gasteiger partial charge in [0.1, 0.15) is 0 Å². The van der Waals surface area contributed by atoms with Gasteiger partial charge >= 0.3 is 0 Å². The van der Waals surface area contributed by atoms with E-state index in [0.29, 0.717) is 27.4 Å². The van der Waals surface area contributed by atoms with Crippen LogP contribution in [-0.2, 0) is 0 Å². The predicted octanol–water partition coefficient (Wildman–Crippen LogP) is 3.73. The number of aromatic nitrogens is 4. The minimum atomic E-state index is -0.380. The molecule has 0 fully saturated rings. The summed E-state index contributed by atoms with van der Waals surface area (Å²) in [5, 5.41) is 19.2. The summed E-state index contributed by atoms with van der Waals surface area (Å²) in [6.07, 6.45) is 0. The van der Waals surface area contributed by atoms with Gasteiger partial charge in [0.05, 0.1) is 0 Å². The molecule has 29 heavy (non-hydrogen) atoms. The summed E-state index contributed by atoms with van der Waals surface area (Å²) in [6.45, 7) is 0. The number of halogens is 1. The first-order chi connectivity index (χ1) is 14.1. The molecule has 2 amide bonds. The molecule has 0 saturated carbocycles. The summed E-state index contributed by atoms with van der Waals surface area (Å²) >= 11 is 3.15. The van der Waals surface area contributed by atoms with E-state index in [2.05, 4.69) is 47.2 Å². The van der Waals surface area contributed by atoms with Crippen LogP contribution in [0.2, 0.25) is 0 Å². The molecular formula is C19H13BrN6O3. The first-order valence-corrected chi connectivity index (χ1v) is 9.20. The van der Waals surface area contributed by atoms with Crippen LogP contribution in [0.15, 0.2) is 69.8 Å². The SMILES string of the molecule is O=C(Nc1ccc(-c2nn[nH]n2)cc1)c1ccc(NC(=O)c2ccc(Br)o2)cc1. The summed E-state index contributed by atoms with van der Waals surface area (Å²) in [5.74, 6) is 0.00475. The number of benzene rings is 2. The van der Waals surface area contributed by atoms with Crippen LogP contribution < -0.4 is 10.6 Å². The fourth-order valence-corrected chi connectivity index (χ4v) is 2.83. The van der Waals surface area contributed by atoms with E-state index in [9.17, 15) is 9.59 Å². The second-order valence-electron chi connectivity index (χ2n) is 5.90. The number of H-pyrrole nitrogens is 1. The summed E-state index contributed by atoms with van der Waals surface area (Å²) in [5.41, 5.74) is 2.40. The lowest BCUT2D eigenvalue weighted by Gasteiger charge is -2.07. The highest BCUT2D eigenvalue weighted by atomic mass is 79.9. The Morgan fingerprint density at radius 2 is 1.52 bits per heavy atom. The number of tetrazole rings is 1. The monoisotopic (exact) mass is 452 g/mol. The molecule has 0 unspecified atom stereocenters. The number of nitrogens with zero attached hydrogens (tertiary/aromatic N) is 3. The zero-order chi connectivity index (χ0) is 20.2. The molecule has 3 N–H and O–H groups in total. The van der Waals surface area contributed by atoms with Gasteiger partial charge in [-0.05, 0) is 81.8 Å². The number of anilines is 2. The molecule has 2 aromatic carbocycles. The van der Waals surface area contributed by atoms with Crippen molar-refractivity contribution in [1.29, 1.82) is 0 Å². The van der Waals surface area contributed by atoms with Crippen LogP contribution in [0, 0.1) is 0 Å². The van der Waals surface area contributed by atoms with Crippen LogP contribution in [0.4, 0.5) is 11.4 Å². The number of carbonyl (C=O) groups excluding carboxylic acids is 2. The van der Waals surface area contributed by atoms with Gasteiger partial charge in [0.2, 0.25) is 5.82 Å². The molecule has 0 spiro atoms. The van der Waals surface area contributed by atoms with Crippen LogP contribution in [0.25, 0.3) is 11.4 Å². The zero-order valence-corrected chi connectivity index (χ0v) is 16.3. The molecule has 2 heterocycles. The van der Waals surface area contributed by atoms with E-state index < -0.39 is 0 Å². The van der Waals surface area contributed by atoms with Crippen LogP contribution >= 0.6 is 15.9 Å². The third-order valence-corrected chi connectivity index (χ3v) is 4.37. The second-order valence-corrected chi connectivity index (χ2v) is 6.68. The molecule has 0 bridgehead atoms. The maximum atomic E-state index is 12.4. The Balaban J connectivity index is 1.38. The molecule has 0 radical (unpaired) electrons. The van der Waals surface area contributed by atoms with Gasteiger partial charge in [-0.15, -0.1) is 10.2 Å². The summed E-state index contributed by atoms with van der Waals surface area (Å²) < 4.78 is 5.68. The average molecular weight is 453 g/mol.